The average Bonchev–Trinajstić information content (AvgIpc) is 2.74. The van der Waals surface area contributed by atoms with Crippen LogP contribution in [0.25, 0.3) is 0 Å². The highest BCUT2D eigenvalue weighted by Gasteiger charge is 2.21. The molecule has 0 aliphatic rings. The molecule has 0 bridgehead atoms. The lowest BCUT2D eigenvalue weighted by Gasteiger charge is -2.08. The van der Waals surface area contributed by atoms with Gasteiger partial charge in [0.05, 0.1) is 14.2 Å². The Balaban J connectivity index is 2.75. The van der Waals surface area contributed by atoms with Gasteiger partial charge in [-0.1, -0.05) is 0 Å². The van der Waals surface area contributed by atoms with Crippen molar-refractivity contribution in [3.05, 3.63) is 11.5 Å². The number of hydrogen-bond acceptors (Lipinski definition) is 5. The molecule has 0 saturated carbocycles. The third-order valence-electron chi connectivity index (χ3n) is 3.39. The van der Waals surface area contributed by atoms with E-state index in [0.29, 0.717) is 0 Å². The molecular formula is C16H30N2O3. The van der Waals surface area contributed by atoms with Gasteiger partial charge in [-0.3, -0.25) is 0 Å². The summed E-state index contributed by atoms with van der Waals surface area (Å²) < 4.78 is 17.0. The number of nitrogens with zero attached hydrogens (tertiary/aromatic N) is 2. The zero-order valence-electron chi connectivity index (χ0n) is 14.4. The molecule has 0 aromatic carbocycles. The minimum Gasteiger partial charge on any atom is -0.490 e. The van der Waals surface area contributed by atoms with Crippen LogP contribution in [0, 0.1) is 0 Å². The summed E-state index contributed by atoms with van der Waals surface area (Å²) in [6.45, 7) is 2.06. The Hall–Kier alpha value is -1.20. The molecule has 0 unspecified atom stereocenters. The van der Waals surface area contributed by atoms with Crippen molar-refractivity contribution in [3.63, 3.8) is 0 Å². The van der Waals surface area contributed by atoms with Crippen LogP contribution in [0.15, 0.2) is 4.42 Å². The molecule has 0 radical (unpaired) electrons. The molecule has 0 amide bonds. The predicted molar refractivity (Wildman–Crippen MR) is 85.6 cm³/mol. The van der Waals surface area contributed by atoms with Crippen molar-refractivity contribution >= 4 is 0 Å². The van der Waals surface area contributed by atoms with E-state index in [0.717, 1.165) is 61.8 Å². The van der Waals surface area contributed by atoms with Gasteiger partial charge in [-0.15, -0.1) is 0 Å². The average molecular weight is 298 g/mol. The maximum absolute atomic E-state index is 6.00. The van der Waals surface area contributed by atoms with Gasteiger partial charge >= 0.3 is 0 Å². The van der Waals surface area contributed by atoms with Gasteiger partial charge in [0.1, 0.15) is 11.5 Å². The summed E-state index contributed by atoms with van der Waals surface area (Å²) in [6.07, 6.45) is 3.81. The number of ether oxygens (including phenoxy) is 2. The summed E-state index contributed by atoms with van der Waals surface area (Å²) in [5.74, 6) is 3.32. The first-order valence-corrected chi connectivity index (χ1v) is 7.51. The SMILES string of the molecule is COc1c(CCCN(C)C)oc(CCCN(C)C)c1OC. The number of hydrogen-bond donors (Lipinski definition) is 0. The molecule has 1 rings (SSSR count). The van der Waals surface area contributed by atoms with Crippen LogP contribution in [-0.4, -0.2) is 65.3 Å². The molecule has 21 heavy (non-hydrogen) atoms. The molecule has 0 aliphatic heterocycles. The molecular weight excluding hydrogens is 268 g/mol. The molecule has 0 saturated heterocycles. The number of furan rings is 1. The van der Waals surface area contributed by atoms with Gasteiger partial charge in [-0.05, 0) is 54.1 Å². The number of methoxy groups -OCH3 is 2. The van der Waals surface area contributed by atoms with Crippen molar-refractivity contribution in [2.75, 3.05) is 55.5 Å². The molecule has 5 nitrogen and oxygen atoms in total. The largest absolute Gasteiger partial charge is 0.490 e. The maximum atomic E-state index is 6.00. The molecule has 1 aromatic heterocycles. The lowest BCUT2D eigenvalue weighted by molar-refractivity contribution is 0.349. The highest BCUT2D eigenvalue weighted by molar-refractivity contribution is 5.46. The maximum Gasteiger partial charge on any atom is 0.203 e. The van der Waals surface area contributed by atoms with E-state index in [2.05, 4.69) is 38.0 Å². The van der Waals surface area contributed by atoms with Gasteiger partial charge in [0.15, 0.2) is 0 Å². The van der Waals surface area contributed by atoms with Crippen LogP contribution in [0.2, 0.25) is 0 Å². The van der Waals surface area contributed by atoms with E-state index in [9.17, 15) is 0 Å². The molecule has 122 valence electrons. The summed E-state index contributed by atoms with van der Waals surface area (Å²) in [7, 11) is 11.7. The second-order valence-corrected chi connectivity index (χ2v) is 5.83. The highest BCUT2D eigenvalue weighted by atomic mass is 16.5. The molecule has 0 atom stereocenters. The fourth-order valence-electron chi connectivity index (χ4n) is 2.35. The predicted octanol–water partition coefficient (Wildman–Crippen LogP) is 2.29. The van der Waals surface area contributed by atoms with E-state index in [4.69, 9.17) is 13.9 Å². The summed E-state index contributed by atoms with van der Waals surface area (Å²) in [5, 5.41) is 0. The molecule has 0 spiro atoms. The van der Waals surface area contributed by atoms with E-state index < -0.39 is 0 Å². The fraction of sp³-hybridized carbons (Fsp3) is 0.750. The van der Waals surface area contributed by atoms with E-state index >= 15 is 0 Å². The molecule has 0 N–H and O–H groups in total. The van der Waals surface area contributed by atoms with Crippen molar-refractivity contribution in [1.29, 1.82) is 0 Å². The minimum atomic E-state index is 0.760. The van der Waals surface area contributed by atoms with Gasteiger partial charge in [-0.2, -0.15) is 0 Å². The van der Waals surface area contributed by atoms with Gasteiger partial charge in [0, 0.05) is 12.8 Å². The summed E-state index contributed by atoms with van der Waals surface area (Å²) in [5.41, 5.74) is 0. The smallest absolute Gasteiger partial charge is 0.203 e. The van der Waals surface area contributed by atoms with Gasteiger partial charge in [-0.25, -0.2) is 0 Å². The monoisotopic (exact) mass is 298 g/mol. The van der Waals surface area contributed by atoms with E-state index in [1.165, 1.54) is 0 Å². The van der Waals surface area contributed by atoms with Crippen molar-refractivity contribution in [2.24, 2.45) is 0 Å². The van der Waals surface area contributed by atoms with E-state index in [1.54, 1.807) is 14.2 Å². The van der Waals surface area contributed by atoms with Crippen LogP contribution >= 0.6 is 0 Å². The van der Waals surface area contributed by atoms with Crippen LogP contribution in [0.3, 0.4) is 0 Å². The van der Waals surface area contributed by atoms with Crippen molar-refractivity contribution in [3.8, 4) is 11.5 Å². The third kappa shape index (κ3) is 5.59. The Kier molecular flexibility index (Phi) is 7.61. The van der Waals surface area contributed by atoms with Crippen molar-refractivity contribution < 1.29 is 13.9 Å². The Bertz CT molecular complexity index is 377. The molecule has 0 fully saturated rings. The Morgan fingerprint density at radius 1 is 0.762 bits per heavy atom. The van der Waals surface area contributed by atoms with Crippen molar-refractivity contribution in [1.82, 2.24) is 9.80 Å². The molecule has 1 heterocycles. The van der Waals surface area contributed by atoms with Crippen LogP contribution in [0.5, 0.6) is 11.5 Å². The molecule has 0 aliphatic carbocycles. The summed E-state index contributed by atoms with van der Waals surface area (Å²) in [6, 6.07) is 0. The Morgan fingerprint density at radius 3 is 1.43 bits per heavy atom. The zero-order valence-corrected chi connectivity index (χ0v) is 14.4. The van der Waals surface area contributed by atoms with Crippen LogP contribution < -0.4 is 9.47 Å². The van der Waals surface area contributed by atoms with E-state index in [1.807, 2.05) is 0 Å². The second-order valence-electron chi connectivity index (χ2n) is 5.83. The molecule has 5 heteroatoms. The first-order valence-electron chi connectivity index (χ1n) is 7.51. The van der Waals surface area contributed by atoms with Gasteiger partial charge < -0.3 is 23.7 Å². The fourth-order valence-corrected chi connectivity index (χ4v) is 2.35. The standard InChI is InChI=1S/C16H30N2O3/c1-17(2)11-7-9-13-15(19-5)16(20-6)14(21-13)10-8-12-18(3)4/h7-12H2,1-6H3. The van der Waals surface area contributed by atoms with Crippen molar-refractivity contribution in [2.45, 2.75) is 25.7 Å². The lowest BCUT2D eigenvalue weighted by atomic mass is 10.2. The minimum absolute atomic E-state index is 0.760. The number of rotatable bonds is 10. The van der Waals surface area contributed by atoms with Crippen LogP contribution in [-0.2, 0) is 12.8 Å². The normalized spacial score (nSPS) is 11.4. The summed E-state index contributed by atoms with van der Waals surface area (Å²) >= 11 is 0. The topological polar surface area (TPSA) is 38.1 Å². The number of aryl methyl sites for hydroxylation is 2. The zero-order chi connectivity index (χ0) is 15.8. The quantitative estimate of drug-likeness (QED) is 0.662. The van der Waals surface area contributed by atoms with E-state index in [-0.39, 0.29) is 0 Å². The Labute approximate surface area is 128 Å². The summed E-state index contributed by atoms with van der Waals surface area (Å²) in [4.78, 5) is 4.34. The van der Waals surface area contributed by atoms with Gasteiger partial charge in [0.25, 0.3) is 0 Å². The third-order valence-corrected chi connectivity index (χ3v) is 3.39. The first-order chi connectivity index (χ1) is 9.99. The highest BCUT2D eigenvalue weighted by Crippen LogP contribution is 2.39. The van der Waals surface area contributed by atoms with Crippen LogP contribution in [0.4, 0.5) is 0 Å². The second kappa shape index (κ2) is 8.95. The molecule has 1 aromatic rings. The first kappa shape index (κ1) is 17.9. The van der Waals surface area contributed by atoms with Gasteiger partial charge in [0.2, 0.25) is 11.5 Å². The Morgan fingerprint density at radius 2 is 1.14 bits per heavy atom. The van der Waals surface area contributed by atoms with Crippen LogP contribution in [0.1, 0.15) is 24.4 Å². The lowest BCUT2D eigenvalue weighted by Crippen LogP contribution is -2.13.